The second kappa shape index (κ2) is 8.26. The summed E-state index contributed by atoms with van der Waals surface area (Å²) in [6, 6.07) is 10.9. The summed E-state index contributed by atoms with van der Waals surface area (Å²) in [5.74, 6) is 1.53. The normalized spacial score (nSPS) is 11.6. The average Bonchev–Trinajstić information content (AvgIpc) is 3.03. The number of fused-ring (bicyclic) bond motifs is 1. The number of aromatic nitrogens is 1. The largest absolute Gasteiger partial charge is 0.497 e. The number of benzene rings is 2. The van der Waals surface area contributed by atoms with Crippen LogP contribution in [0.2, 0.25) is 0 Å². The quantitative estimate of drug-likeness (QED) is 0.645. The molecule has 1 amide bonds. The highest BCUT2D eigenvalue weighted by Gasteiger charge is 2.12. The number of amides is 1. The molecular weight excluding hydrogens is 364 g/mol. The van der Waals surface area contributed by atoms with E-state index in [1.165, 1.54) is 18.4 Å². The van der Waals surface area contributed by atoms with Crippen molar-refractivity contribution in [2.75, 3.05) is 21.3 Å². The molecule has 0 saturated carbocycles. The van der Waals surface area contributed by atoms with Gasteiger partial charge in [0.05, 0.1) is 31.5 Å². The summed E-state index contributed by atoms with van der Waals surface area (Å²) in [6.45, 7) is 2.86. The maximum Gasteiger partial charge on any atom is 0.279 e. The molecule has 0 radical (unpaired) electrons. The number of ether oxygens (including phenoxy) is 3. The summed E-state index contributed by atoms with van der Waals surface area (Å²) in [6.07, 6.45) is 0.931. The van der Waals surface area contributed by atoms with E-state index in [-0.39, 0.29) is 5.91 Å². The van der Waals surface area contributed by atoms with E-state index in [4.69, 9.17) is 14.2 Å². The van der Waals surface area contributed by atoms with E-state index in [0.717, 1.165) is 28.9 Å². The van der Waals surface area contributed by atoms with Gasteiger partial charge in [-0.1, -0.05) is 18.3 Å². The lowest BCUT2D eigenvalue weighted by atomic mass is 10.2. The molecule has 0 spiro atoms. The van der Waals surface area contributed by atoms with Crippen molar-refractivity contribution < 1.29 is 19.0 Å². The predicted octanol–water partition coefficient (Wildman–Crippen LogP) is 3.88. The van der Waals surface area contributed by atoms with E-state index in [2.05, 4.69) is 16.5 Å². The van der Waals surface area contributed by atoms with Crippen molar-refractivity contribution in [3.05, 3.63) is 46.8 Å². The van der Waals surface area contributed by atoms with Crippen LogP contribution >= 0.6 is 11.3 Å². The first-order valence-corrected chi connectivity index (χ1v) is 9.41. The summed E-state index contributed by atoms with van der Waals surface area (Å²) in [5.41, 5.74) is 1.46. The number of carbonyl (C=O) groups excluding carboxylic acids is 1. The van der Waals surface area contributed by atoms with Crippen molar-refractivity contribution >= 4 is 27.5 Å². The van der Waals surface area contributed by atoms with E-state index in [0.29, 0.717) is 21.9 Å². The van der Waals surface area contributed by atoms with Crippen LogP contribution in [0, 0.1) is 0 Å². The number of aryl methyl sites for hydroxylation is 1. The first-order chi connectivity index (χ1) is 13.1. The minimum atomic E-state index is -0.320. The number of hydrogen-bond donors (Lipinski definition) is 0. The van der Waals surface area contributed by atoms with Crippen LogP contribution in [0.3, 0.4) is 0 Å². The Bertz CT molecular complexity index is 1040. The SMILES string of the molecule is CCCn1c(=NC(=O)c2ccc(OC)c(OC)c2)sc2ccc(OC)cc21. The summed E-state index contributed by atoms with van der Waals surface area (Å²) in [5, 5.41) is 0. The predicted molar refractivity (Wildman–Crippen MR) is 106 cm³/mol. The van der Waals surface area contributed by atoms with Gasteiger partial charge in [-0.3, -0.25) is 4.79 Å². The fourth-order valence-electron chi connectivity index (χ4n) is 2.82. The Morgan fingerprint density at radius 3 is 2.48 bits per heavy atom. The fourth-order valence-corrected chi connectivity index (χ4v) is 3.86. The monoisotopic (exact) mass is 386 g/mol. The molecule has 0 aliphatic carbocycles. The standard InChI is InChI=1S/C20H22N2O4S/c1-5-10-22-15-12-14(24-2)7-9-18(15)27-20(22)21-19(23)13-6-8-16(25-3)17(11-13)26-4/h6-9,11-12H,5,10H2,1-4H3. The first kappa shape index (κ1) is 19.0. The Balaban J connectivity index is 2.09. The third kappa shape index (κ3) is 3.83. The summed E-state index contributed by atoms with van der Waals surface area (Å²) in [7, 11) is 4.74. The van der Waals surface area contributed by atoms with Gasteiger partial charge in [-0.15, -0.1) is 0 Å². The van der Waals surface area contributed by atoms with Gasteiger partial charge in [0.25, 0.3) is 5.91 Å². The van der Waals surface area contributed by atoms with Gasteiger partial charge >= 0.3 is 0 Å². The highest BCUT2D eigenvalue weighted by Crippen LogP contribution is 2.28. The van der Waals surface area contributed by atoms with Crippen molar-refractivity contribution in [1.82, 2.24) is 4.57 Å². The van der Waals surface area contributed by atoms with Crippen molar-refractivity contribution in [1.29, 1.82) is 0 Å². The van der Waals surface area contributed by atoms with Gasteiger partial charge in [0, 0.05) is 18.2 Å². The Morgan fingerprint density at radius 1 is 1.04 bits per heavy atom. The average molecular weight is 386 g/mol. The molecule has 3 rings (SSSR count). The van der Waals surface area contributed by atoms with Crippen molar-refractivity contribution in [2.24, 2.45) is 4.99 Å². The molecule has 1 aromatic heterocycles. The van der Waals surface area contributed by atoms with Crippen LogP contribution < -0.4 is 19.0 Å². The van der Waals surface area contributed by atoms with Gasteiger partial charge in [0.1, 0.15) is 5.75 Å². The number of carbonyl (C=O) groups is 1. The van der Waals surface area contributed by atoms with Crippen molar-refractivity contribution in [3.8, 4) is 17.2 Å². The highest BCUT2D eigenvalue weighted by molar-refractivity contribution is 7.16. The zero-order chi connectivity index (χ0) is 19.4. The van der Waals surface area contributed by atoms with Gasteiger partial charge in [-0.25, -0.2) is 0 Å². The van der Waals surface area contributed by atoms with Crippen LogP contribution in [0.4, 0.5) is 0 Å². The molecular formula is C20H22N2O4S. The molecule has 0 bridgehead atoms. The third-order valence-corrected chi connectivity index (χ3v) is 5.22. The molecule has 142 valence electrons. The molecule has 27 heavy (non-hydrogen) atoms. The lowest BCUT2D eigenvalue weighted by Gasteiger charge is -2.08. The first-order valence-electron chi connectivity index (χ1n) is 8.59. The van der Waals surface area contributed by atoms with Crippen LogP contribution in [-0.2, 0) is 6.54 Å². The van der Waals surface area contributed by atoms with E-state index in [9.17, 15) is 4.79 Å². The van der Waals surface area contributed by atoms with Crippen molar-refractivity contribution in [2.45, 2.75) is 19.9 Å². The van der Waals surface area contributed by atoms with E-state index in [1.807, 2.05) is 18.2 Å². The third-order valence-electron chi connectivity index (χ3n) is 4.16. The number of rotatable bonds is 6. The van der Waals surface area contributed by atoms with Crippen LogP contribution in [0.25, 0.3) is 10.2 Å². The smallest absolute Gasteiger partial charge is 0.279 e. The van der Waals surface area contributed by atoms with Gasteiger partial charge in [-0.05, 0) is 36.8 Å². The Labute approximate surface area is 161 Å². The molecule has 7 heteroatoms. The molecule has 0 N–H and O–H groups in total. The van der Waals surface area contributed by atoms with Gasteiger partial charge < -0.3 is 18.8 Å². The highest BCUT2D eigenvalue weighted by atomic mass is 32.1. The maximum absolute atomic E-state index is 12.7. The second-order valence-electron chi connectivity index (χ2n) is 5.86. The van der Waals surface area contributed by atoms with Crippen LogP contribution in [-0.4, -0.2) is 31.8 Å². The van der Waals surface area contributed by atoms with Crippen molar-refractivity contribution in [3.63, 3.8) is 0 Å². The molecule has 0 atom stereocenters. The van der Waals surface area contributed by atoms with Gasteiger partial charge in [-0.2, -0.15) is 4.99 Å². The molecule has 6 nitrogen and oxygen atoms in total. The lowest BCUT2D eigenvalue weighted by Crippen LogP contribution is -2.17. The van der Waals surface area contributed by atoms with Crippen LogP contribution in [0.1, 0.15) is 23.7 Å². The number of methoxy groups -OCH3 is 3. The van der Waals surface area contributed by atoms with E-state index >= 15 is 0 Å². The molecule has 0 fully saturated rings. The molecule has 3 aromatic rings. The Kier molecular flexibility index (Phi) is 5.81. The fraction of sp³-hybridized carbons (Fsp3) is 0.300. The van der Waals surface area contributed by atoms with E-state index < -0.39 is 0 Å². The summed E-state index contributed by atoms with van der Waals surface area (Å²) in [4.78, 5) is 17.8. The van der Waals surface area contributed by atoms with E-state index in [1.54, 1.807) is 32.4 Å². The lowest BCUT2D eigenvalue weighted by molar-refractivity contribution is 0.0997. The second-order valence-corrected chi connectivity index (χ2v) is 6.87. The molecule has 0 unspecified atom stereocenters. The van der Waals surface area contributed by atoms with Crippen LogP contribution in [0.15, 0.2) is 41.4 Å². The molecule has 1 heterocycles. The summed E-state index contributed by atoms with van der Waals surface area (Å²) >= 11 is 1.49. The van der Waals surface area contributed by atoms with Crippen LogP contribution in [0.5, 0.6) is 17.2 Å². The van der Waals surface area contributed by atoms with Gasteiger partial charge in [0.2, 0.25) is 0 Å². The number of thiazole rings is 1. The Morgan fingerprint density at radius 2 is 1.81 bits per heavy atom. The molecule has 2 aromatic carbocycles. The molecule has 0 aliphatic rings. The minimum absolute atomic E-state index is 0.320. The molecule has 0 saturated heterocycles. The topological polar surface area (TPSA) is 62.1 Å². The van der Waals surface area contributed by atoms with Gasteiger partial charge in [0.15, 0.2) is 16.3 Å². The maximum atomic E-state index is 12.7. The number of hydrogen-bond acceptors (Lipinski definition) is 5. The minimum Gasteiger partial charge on any atom is -0.497 e. The Hall–Kier alpha value is -2.80. The zero-order valence-electron chi connectivity index (χ0n) is 15.8. The molecule has 0 aliphatic heterocycles. The number of nitrogens with zero attached hydrogens (tertiary/aromatic N) is 2. The zero-order valence-corrected chi connectivity index (χ0v) is 16.6. The summed E-state index contributed by atoms with van der Waals surface area (Å²) < 4.78 is 18.9.